The zero-order valence-corrected chi connectivity index (χ0v) is 14.1. The summed E-state index contributed by atoms with van der Waals surface area (Å²) in [5.41, 5.74) is 1.69. The van der Waals surface area contributed by atoms with Gasteiger partial charge in [-0.3, -0.25) is 9.59 Å². The van der Waals surface area contributed by atoms with E-state index in [0.717, 1.165) is 25.9 Å². The topological polar surface area (TPSA) is 60.3 Å². The molecule has 1 aliphatic heterocycles. The molecular weight excluding hydrogens is 316 g/mol. The molecule has 1 saturated carbocycles. The molecule has 1 N–H and O–H groups in total. The average molecular weight is 338 g/mol. The fourth-order valence-electron chi connectivity index (χ4n) is 3.49. The van der Waals surface area contributed by atoms with Crippen LogP contribution in [-0.4, -0.2) is 29.2 Å². The molecule has 5 nitrogen and oxygen atoms in total. The Labute approximate surface area is 146 Å². The summed E-state index contributed by atoms with van der Waals surface area (Å²) in [4.78, 5) is 24.5. The van der Waals surface area contributed by atoms with Gasteiger partial charge in [-0.1, -0.05) is 30.3 Å². The number of amides is 1. The summed E-state index contributed by atoms with van der Waals surface area (Å²) in [7, 11) is 0. The van der Waals surface area contributed by atoms with Gasteiger partial charge >= 0.3 is 0 Å². The van der Waals surface area contributed by atoms with Crippen LogP contribution in [0.1, 0.15) is 41.1 Å². The van der Waals surface area contributed by atoms with Crippen LogP contribution in [-0.2, 0) is 11.3 Å². The van der Waals surface area contributed by atoms with Gasteiger partial charge in [0.2, 0.25) is 0 Å². The number of hydrogen-bond donors (Lipinski definition) is 1. The standard InChI is InChI=1S/C20H22N2O3/c23-19-9-8-15(12-22(19)13-16-7-4-10-25-16)20(24)21-18-11-17(18)14-5-2-1-3-6-14/h1-3,5-6,8-9,12,16-18H,4,7,10-11,13H2,(H,21,24)/t16?,17-,18+/m0/s1. The number of carbonyl (C=O) groups excluding carboxylic acids is 1. The fourth-order valence-corrected chi connectivity index (χ4v) is 3.49. The summed E-state index contributed by atoms with van der Waals surface area (Å²) in [6.07, 6.45) is 4.68. The van der Waals surface area contributed by atoms with Gasteiger partial charge in [-0.15, -0.1) is 0 Å². The summed E-state index contributed by atoms with van der Waals surface area (Å²) in [6, 6.07) is 13.5. The Balaban J connectivity index is 1.41. The summed E-state index contributed by atoms with van der Waals surface area (Å²) >= 11 is 0. The van der Waals surface area contributed by atoms with Crippen molar-refractivity contribution in [3.63, 3.8) is 0 Å². The van der Waals surface area contributed by atoms with Crippen molar-refractivity contribution in [2.24, 2.45) is 0 Å². The molecule has 1 aromatic carbocycles. The second kappa shape index (κ2) is 6.84. The predicted molar refractivity (Wildman–Crippen MR) is 94.7 cm³/mol. The van der Waals surface area contributed by atoms with E-state index in [-0.39, 0.29) is 23.6 Å². The molecule has 0 bridgehead atoms. The Morgan fingerprint density at radius 1 is 1.20 bits per heavy atom. The van der Waals surface area contributed by atoms with Gasteiger partial charge in [-0.05, 0) is 30.9 Å². The maximum atomic E-state index is 12.5. The van der Waals surface area contributed by atoms with Crippen molar-refractivity contribution < 1.29 is 9.53 Å². The minimum atomic E-state index is -0.121. The minimum Gasteiger partial charge on any atom is -0.376 e. The van der Waals surface area contributed by atoms with Crippen molar-refractivity contribution in [2.75, 3.05) is 6.61 Å². The third-order valence-corrected chi connectivity index (χ3v) is 5.00. The molecule has 2 aliphatic rings. The predicted octanol–water partition coefficient (Wildman–Crippen LogP) is 2.31. The molecule has 25 heavy (non-hydrogen) atoms. The number of hydrogen-bond acceptors (Lipinski definition) is 3. The lowest BCUT2D eigenvalue weighted by Crippen LogP contribution is -2.30. The zero-order valence-electron chi connectivity index (χ0n) is 14.1. The largest absolute Gasteiger partial charge is 0.376 e. The number of aromatic nitrogens is 1. The third-order valence-electron chi connectivity index (χ3n) is 5.00. The number of ether oxygens (including phenoxy) is 1. The van der Waals surface area contributed by atoms with E-state index in [9.17, 15) is 9.59 Å². The van der Waals surface area contributed by atoms with Crippen LogP contribution in [0.25, 0.3) is 0 Å². The lowest BCUT2D eigenvalue weighted by atomic mass is 10.1. The van der Waals surface area contributed by atoms with Gasteiger partial charge in [0.05, 0.1) is 18.2 Å². The normalized spacial score (nSPS) is 24.9. The molecule has 2 aromatic rings. The Morgan fingerprint density at radius 3 is 2.80 bits per heavy atom. The molecule has 3 atom stereocenters. The van der Waals surface area contributed by atoms with Gasteiger partial charge in [0.15, 0.2) is 0 Å². The van der Waals surface area contributed by atoms with Crippen LogP contribution < -0.4 is 10.9 Å². The monoisotopic (exact) mass is 338 g/mol. The van der Waals surface area contributed by atoms with E-state index in [1.165, 1.54) is 11.6 Å². The van der Waals surface area contributed by atoms with Crippen LogP contribution >= 0.6 is 0 Å². The van der Waals surface area contributed by atoms with Gasteiger partial charge in [0.1, 0.15) is 0 Å². The minimum absolute atomic E-state index is 0.0712. The molecule has 0 radical (unpaired) electrons. The number of nitrogens with zero attached hydrogens (tertiary/aromatic N) is 1. The van der Waals surface area contributed by atoms with Crippen LogP contribution in [0.15, 0.2) is 53.5 Å². The lowest BCUT2D eigenvalue weighted by Gasteiger charge is -2.13. The van der Waals surface area contributed by atoms with E-state index < -0.39 is 0 Å². The Hall–Kier alpha value is -2.40. The maximum Gasteiger partial charge on any atom is 0.253 e. The van der Waals surface area contributed by atoms with Crippen LogP contribution in [0.4, 0.5) is 0 Å². The van der Waals surface area contributed by atoms with E-state index in [4.69, 9.17) is 4.74 Å². The van der Waals surface area contributed by atoms with Gasteiger partial charge in [0.25, 0.3) is 11.5 Å². The van der Waals surface area contributed by atoms with Crippen molar-refractivity contribution in [3.8, 4) is 0 Å². The number of pyridine rings is 1. The number of carbonyl (C=O) groups is 1. The Morgan fingerprint density at radius 2 is 2.04 bits per heavy atom. The Bertz CT molecular complexity index is 809. The molecule has 130 valence electrons. The van der Waals surface area contributed by atoms with E-state index in [1.54, 1.807) is 16.8 Å². The first-order valence-electron chi connectivity index (χ1n) is 8.88. The summed E-state index contributed by atoms with van der Waals surface area (Å²) in [6.45, 7) is 1.26. The van der Waals surface area contributed by atoms with Crippen molar-refractivity contribution in [1.82, 2.24) is 9.88 Å². The first-order chi connectivity index (χ1) is 12.2. The Kier molecular flexibility index (Phi) is 4.40. The zero-order chi connectivity index (χ0) is 17.2. The highest BCUT2D eigenvalue weighted by Gasteiger charge is 2.39. The van der Waals surface area contributed by atoms with Crippen molar-refractivity contribution in [2.45, 2.75) is 43.9 Å². The van der Waals surface area contributed by atoms with Gasteiger partial charge in [0, 0.05) is 30.8 Å². The quantitative estimate of drug-likeness (QED) is 0.910. The highest BCUT2D eigenvalue weighted by atomic mass is 16.5. The molecule has 2 heterocycles. The maximum absolute atomic E-state index is 12.5. The molecule has 1 unspecified atom stereocenters. The average Bonchev–Trinajstić information content (AvgIpc) is 3.20. The van der Waals surface area contributed by atoms with Crippen LogP contribution in [0, 0.1) is 0 Å². The smallest absolute Gasteiger partial charge is 0.253 e. The lowest BCUT2D eigenvalue weighted by molar-refractivity contribution is 0.0931. The molecule has 2 fully saturated rings. The van der Waals surface area contributed by atoms with Gasteiger partial charge in [-0.2, -0.15) is 0 Å². The number of benzene rings is 1. The number of nitrogens with one attached hydrogen (secondary N) is 1. The summed E-state index contributed by atoms with van der Waals surface area (Å²) in [5, 5.41) is 3.07. The molecule has 4 rings (SSSR count). The van der Waals surface area contributed by atoms with Crippen molar-refractivity contribution in [1.29, 1.82) is 0 Å². The van der Waals surface area contributed by atoms with Crippen molar-refractivity contribution in [3.05, 3.63) is 70.1 Å². The first kappa shape index (κ1) is 16.1. The highest BCUT2D eigenvalue weighted by molar-refractivity contribution is 5.94. The molecule has 1 aromatic heterocycles. The van der Waals surface area contributed by atoms with Crippen LogP contribution in [0.3, 0.4) is 0 Å². The highest BCUT2D eigenvalue weighted by Crippen LogP contribution is 2.40. The van der Waals surface area contributed by atoms with Crippen LogP contribution in [0.2, 0.25) is 0 Å². The first-order valence-corrected chi connectivity index (χ1v) is 8.88. The van der Waals surface area contributed by atoms with E-state index in [0.29, 0.717) is 18.0 Å². The van der Waals surface area contributed by atoms with Gasteiger partial charge < -0.3 is 14.6 Å². The molecule has 0 spiro atoms. The van der Waals surface area contributed by atoms with E-state index >= 15 is 0 Å². The van der Waals surface area contributed by atoms with Crippen LogP contribution in [0.5, 0.6) is 0 Å². The van der Waals surface area contributed by atoms with E-state index in [2.05, 4.69) is 17.4 Å². The molecular formula is C20H22N2O3. The second-order valence-electron chi connectivity index (χ2n) is 6.88. The van der Waals surface area contributed by atoms with E-state index in [1.807, 2.05) is 18.2 Å². The summed E-state index contributed by atoms with van der Waals surface area (Å²) in [5.74, 6) is 0.271. The molecule has 1 aliphatic carbocycles. The second-order valence-corrected chi connectivity index (χ2v) is 6.88. The molecule has 1 saturated heterocycles. The van der Waals surface area contributed by atoms with Crippen molar-refractivity contribution >= 4 is 5.91 Å². The number of rotatable bonds is 5. The molecule has 5 heteroatoms. The summed E-state index contributed by atoms with van der Waals surface area (Å²) < 4.78 is 7.18. The fraction of sp³-hybridized carbons (Fsp3) is 0.400. The third kappa shape index (κ3) is 3.66. The van der Waals surface area contributed by atoms with Gasteiger partial charge in [-0.25, -0.2) is 0 Å². The molecule has 1 amide bonds. The SMILES string of the molecule is O=C(N[C@@H]1C[C@H]1c1ccccc1)c1ccc(=O)n(CC2CCCO2)c1.